The zero-order chi connectivity index (χ0) is 16.8. The van der Waals surface area contributed by atoms with E-state index in [-0.39, 0.29) is 18.6 Å². The van der Waals surface area contributed by atoms with Crippen LogP contribution in [0.4, 0.5) is 5.69 Å². The van der Waals surface area contributed by atoms with Crippen molar-refractivity contribution in [1.29, 1.82) is 0 Å². The summed E-state index contributed by atoms with van der Waals surface area (Å²) in [6.45, 7) is 5.24. The summed E-state index contributed by atoms with van der Waals surface area (Å²) in [7, 11) is 0. The van der Waals surface area contributed by atoms with Crippen molar-refractivity contribution in [2.24, 2.45) is 4.99 Å². The van der Waals surface area contributed by atoms with Crippen molar-refractivity contribution in [3.8, 4) is 0 Å². The Bertz CT molecular complexity index is 596. The van der Waals surface area contributed by atoms with Crippen molar-refractivity contribution in [2.75, 3.05) is 37.7 Å². The minimum atomic E-state index is 0.0364. The van der Waals surface area contributed by atoms with Crippen LogP contribution >= 0.6 is 0 Å². The summed E-state index contributed by atoms with van der Waals surface area (Å²) in [5.41, 5.74) is 2.26. The summed E-state index contributed by atoms with van der Waals surface area (Å²) in [5.74, 6) is 0.711. The van der Waals surface area contributed by atoms with Gasteiger partial charge in [-0.3, -0.25) is 4.79 Å². The first-order chi connectivity index (χ1) is 11.8. The molecule has 0 spiro atoms. The van der Waals surface area contributed by atoms with Gasteiger partial charge in [-0.25, -0.2) is 4.99 Å². The number of aliphatic imine (C=N–C) groups is 1. The quantitative estimate of drug-likeness (QED) is 0.631. The molecule has 2 aliphatic heterocycles. The fourth-order valence-corrected chi connectivity index (χ4v) is 3.19. The predicted octanol–water partition coefficient (Wildman–Crippen LogP) is 1.31. The molecule has 6 nitrogen and oxygen atoms in total. The summed E-state index contributed by atoms with van der Waals surface area (Å²) in [4.78, 5) is 18.8. The average molecular weight is 330 g/mol. The summed E-state index contributed by atoms with van der Waals surface area (Å²) < 4.78 is 5.61. The van der Waals surface area contributed by atoms with Crippen LogP contribution in [0.5, 0.6) is 0 Å². The molecule has 0 aliphatic carbocycles. The maximum atomic E-state index is 12.5. The van der Waals surface area contributed by atoms with E-state index in [1.165, 1.54) is 5.56 Å². The van der Waals surface area contributed by atoms with Gasteiger partial charge in [-0.2, -0.15) is 0 Å². The predicted molar refractivity (Wildman–Crippen MR) is 95.5 cm³/mol. The van der Waals surface area contributed by atoms with Crippen molar-refractivity contribution >= 4 is 17.6 Å². The summed E-state index contributed by atoms with van der Waals surface area (Å²) in [6.07, 6.45) is 3.36. The molecule has 1 amide bonds. The molecule has 0 saturated carbocycles. The lowest BCUT2D eigenvalue weighted by Crippen LogP contribution is -2.42. The molecule has 3 rings (SSSR count). The molecule has 1 aromatic carbocycles. The largest absolute Gasteiger partial charge is 0.376 e. The van der Waals surface area contributed by atoms with Gasteiger partial charge in [-0.05, 0) is 37.8 Å². The molecule has 2 N–H and O–H groups in total. The number of guanidine groups is 1. The van der Waals surface area contributed by atoms with Gasteiger partial charge in [-0.15, -0.1) is 0 Å². The van der Waals surface area contributed by atoms with Gasteiger partial charge in [0.25, 0.3) is 0 Å². The van der Waals surface area contributed by atoms with E-state index in [1.807, 2.05) is 30.0 Å². The Labute approximate surface area is 143 Å². The smallest absolute Gasteiger partial charge is 0.248 e. The SMILES string of the molecule is CCNC(=NCC(=O)N1CCc2ccccc21)NCC1CCCO1. The molecule has 2 aliphatic rings. The maximum absolute atomic E-state index is 12.5. The van der Waals surface area contributed by atoms with Gasteiger partial charge in [0.05, 0.1) is 6.10 Å². The topological polar surface area (TPSA) is 66.0 Å². The van der Waals surface area contributed by atoms with Gasteiger partial charge in [-0.1, -0.05) is 18.2 Å². The Morgan fingerprint density at radius 2 is 2.25 bits per heavy atom. The normalized spacial score (nSPS) is 20.1. The Hall–Kier alpha value is -2.08. The van der Waals surface area contributed by atoms with E-state index >= 15 is 0 Å². The van der Waals surface area contributed by atoms with Crippen LogP contribution in [-0.2, 0) is 16.0 Å². The number of hydrogen-bond acceptors (Lipinski definition) is 3. The lowest BCUT2D eigenvalue weighted by Gasteiger charge is -2.17. The molecule has 6 heteroatoms. The number of nitrogens with zero attached hydrogens (tertiary/aromatic N) is 2. The second-order valence-electron chi connectivity index (χ2n) is 6.14. The van der Waals surface area contributed by atoms with Crippen molar-refractivity contribution in [1.82, 2.24) is 10.6 Å². The molecule has 1 aromatic rings. The van der Waals surface area contributed by atoms with Crippen LogP contribution < -0.4 is 15.5 Å². The lowest BCUT2D eigenvalue weighted by atomic mass is 10.2. The first-order valence-electron chi connectivity index (χ1n) is 8.80. The number of anilines is 1. The van der Waals surface area contributed by atoms with Gasteiger partial charge >= 0.3 is 0 Å². The van der Waals surface area contributed by atoms with E-state index in [9.17, 15) is 4.79 Å². The third-order valence-electron chi connectivity index (χ3n) is 4.43. The number of amides is 1. The van der Waals surface area contributed by atoms with Crippen LogP contribution in [0.25, 0.3) is 0 Å². The van der Waals surface area contributed by atoms with Crippen molar-refractivity contribution < 1.29 is 9.53 Å². The first kappa shape index (κ1) is 16.8. The fourth-order valence-electron chi connectivity index (χ4n) is 3.19. The van der Waals surface area contributed by atoms with E-state index in [4.69, 9.17) is 4.74 Å². The van der Waals surface area contributed by atoms with Crippen LogP contribution in [0.1, 0.15) is 25.3 Å². The molecule has 0 aromatic heterocycles. The molecule has 130 valence electrons. The summed E-state index contributed by atoms with van der Waals surface area (Å²) in [6, 6.07) is 8.08. The van der Waals surface area contributed by atoms with Gasteiger partial charge in [0.2, 0.25) is 5.91 Å². The molecule has 1 atom stereocenters. The number of nitrogens with one attached hydrogen (secondary N) is 2. The fraction of sp³-hybridized carbons (Fsp3) is 0.556. The van der Waals surface area contributed by atoms with Crippen LogP contribution in [0, 0.1) is 0 Å². The molecule has 1 saturated heterocycles. The van der Waals surface area contributed by atoms with Gasteiger partial charge in [0.15, 0.2) is 5.96 Å². The second-order valence-corrected chi connectivity index (χ2v) is 6.14. The Morgan fingerprint density at radius 3 is 3.04 bits per heavy atom. The highest BCUT2D eigenvalue weighted by molar-refractivity contribution is 5.98. The Kier molecular flexibility index (Phi) is 5.69. The number of benzene rings is 1. The summed E-state index contributed by atoms with van der Waals surface area (Å²) >= 11 is 0. The monoisotopic (exact) mass is 330 g/mol. The third kappa shape index (κ3) is 4.06. The number of para-hydroxylation sites is 1. The van der Waals surface area contributed by atoms with Crippen molar-refractivity contribution in [3.05, 3.63) is 29.8 Å². The zero-order valence-electron chi connectivity index (χ0n) is 14.3. The lowest BCUT2D eigenvalue weighted by molar-refractivity contribution is -0.117. The average Bonchev–Trinajstić information content (AvgIpc) is 3.26. The molecule has 24 heavy (non-hydrogen) atoms. The first-order valence-corrected chi connectivity index (χ1v) is 8.80. The molecule has 1 fully saturated rings. The minimum Gasteiger partial charge on any atom is -0.376 e. The Morgan fingerprint density at radius 1 is 1.38 bits per heavy atom. The minimum absolute atomic E-state index is 0.0364. The van der Waals surface area contributed by atoms with E-state index in [2.05, 4.69) is 21.7 Å². The van der Waals surface area contributed by atoms with E-state index in [1.54, 1.807) is 0 Å². The molecule has 0 bridgehead atoms. The third-order valence-corrected chi connectivity index (χ3v) is 4.43. The van der Waals surface area contributed by atoms with Crippen LogP contribution in [-0.4, -0.2) is 50.8 Å². The number of carbonyl (C=O) groups excluding carboxylic acids is 1. The molecule has 1 unspecified atom stereocenters. The molecule has 0 radical (unpaired) electrons. The van der Waals surface area contributed by atoms with Crippen molar-refractivity contribution in [2.45, 2.75) is 32.3 Å². The maximum Gasteiger partial charge on any atom is 0.248 e. The number of hydrogen-bond donors (Lipinski definition) is 2. The number of carbonyl (C=O) groups is 1. The number of ether oxygens (including phenoxy) is 1. The molecule has 2 heterocycles. The number of fused-ring (bicyclic) bond motifs is 1. The highest BCUT2D eigenvalue weighted by Crippen LogP contribution is 2.27. The van der Waals surface area contributed by atoms with Gasteiger partial charge in [0.1, 0.15) is 6.54 Å². The van der Waals surface area contributed by atoms with Gasteiger partial charge < -0.3 is 20.3 Å². The van der Waals surface area contributed by atoms with Crippen molar-refractivity contribution in [3.63, 3.8) is 0 Å². The zero-order valence-corrected chi connectivity index (χ0v) is 14.3. The highest BCUT2D eigenvalue weighted by atomic mass is 16.5. The molecular weight excluding hydrogens is 304 g/mol. The standard InChI is InChI=1S/C18H26N4O2/c1-2-19-18(20-12-15-7-5-11-24-15)21-13-17(23)22-10-9-14-6-3-4-8-16(14)22/h3-4,6,8,15H,2,5,7,9-13H2,1H3,(H2,19,20,21). The van der Waals surface area contributed by atoms with Crippen LogP contribution in [0.3, 0.4) is 0 Å². The summed E-state index contributed by atoms with van der Waals surface area (Å²) in [5, 5.41) is 6.46. The Balaban J connectivity index is 1.56. The molecular formula is C18H26N4O2. The van der Waals surface area contributed by atoms with Crippen LogP contribution in [0.15, 0.2) is 29.3 Å². The van der Waals surface area contributed by atoms with Gasteiger partial charge in [0, 0.05) is 31.9 Å². The van der Waals surface area contributed by atoms with E-state index in [0.717, 1.165) is 51.2 Å². The van der Waals surface area contributed by atoms with Crippen LogP contribution in [0.2, 0.25) is 0 Å². The number of rotatable bonds is 5. The van der Waals surface area contributed by atoms with E-state index in [0.29, 0.717) is 5.96 Å². The van der Waals surface area contributed by atoms with E-state index < -0.39 is 0 Å². The second kappa shape index (κ2) is 8.15. The highest BCUT2D eigenvalue weighted by Gasteiger charge is 2.23.